The van der Waals surface area contributed by atoms with E-state index in [0.29, 0.717) is 18.0 Å². The Hall–Kier alpha value is -2.66. The fraction of sp³-hybridized carbons (Fsp3) is 0.462. The lowest BCUT2D eigenvalue weighted by atomic mass is 9.84. The number of anilines is 1. The lowest BCUT2D eigenvalue weighted by Gasteiger charge is -2.23. The summed E-state index contributed by atoms with van der Waals surface area (Å²) in [6.45, 7) is 8.02. The molecule has 0 aliphatic heterocycles. The van der Waals surface area contributed by atoms with Gasteiger partial charge in [-0.2, -0.15) is 0 Å². The highest BCUT2D eigenvalue weighted by Crippen LogP contribution is 2.38. The molecule has 1 atom stereocenters. The molecule has 0 unspecified atom stereocenters. The molecule has 2 aromatic carbocycles. The van der Waals surface area contributed by atoms with Crippen LogP contribution in [0, 0.1) is 5.92 Å². The van der Waals surface area contributed by atoms with Crippen molar-refractivity contribution in [1.29, 1.82) is 0 Å². The van der Waals surface area contributed by atoms with E-state index in [1.165, 1.54) is 17.7 Å². The maximum absolute atomic E-state index is 13.2. The zero-order valence-corrected chi connectivity index (χ0v) is 18.8. The fourth-order valence-electron chi connectivity index (χ4n) is 4.57. The van der Waals surface area contributed by atoms with Crippen LogP contribution in [0.3, 0.4) is 0 Å². The van der Waals surface area contributed by atoms with Crippen molar-refractivity contribution in [3.63, 3.8) is 0 Å². The number of hydrogen-bond acceptors (Lipinski definition) is 2. The zero-order valence-electron chi connectivity index (χ0n) is 18.8. The Morgan fingerprint density at radius 1 is 0.968 bits per heavy atom. The smallest absolute Gasteiger partial charge is 0.251 e. The van der Waals surface area contributed by atoms with E-state index in [1.807, 2.05) is 30.3 Å². The highest BCUT2D eigenvalue weighted by molar-refractivity contribution is 5.97. The monoisotopic (exact) mass is 422 g/mol. The Labute approximate surface area is 186 Å². The van der Waals surface area contributed by atoms with Crippen LogP contribution in [0.1, 0.15) is 61.4 Å². The molecule has 166 valence electrons. The third kappa shape index (κ3) is 6.41. The van der Waals surface area contributed by atoms with Gasteiger partial charge in [-0.3, -0.25) is 9.59 Å². The molecule has 1 aliphatic carbocycles. The van der Waals surface area contributed by atoms with Crippen molar-refractivity contribution in [1.82, 2.24) is 5.32 Å². The van der Waals surface area contributed by atoms with Gasteiger partial charge in [0.05, 0.1) is 32.1 Å². The van der Waals surface area contributed by atoms with E-state index in [0.717, 1.165) is 43.7 Å². The molecule has 5 heteroatoms. The molecule has 0 saturated heterocycles. The van der Waals surface area contributed by atoms with Crippen LogP contribution in [0.5, 0.6) is 0 Å². The highest BCUT2D eigenvalue weighted by Gasteiger charge is 2.31. The average Bonchev–Trinajstić information content (AvgIpc) is 3.32. The number of quaternary nitrogens is 1. The van der Waals surface area contributed by atoms with E-state index in [-0.39, 0.29) is 17.7 Å². The number of benzene rings is 2. The third-order valence-electron chi connectivity index (χ3n) is 6.49. The van der Waals surface area contributed by atoms with Gasteiger partial charge in [0.2, 0.25) is 5.91 Å². The van der Waals surface area contributed by atoms with Crippen LogP contribution < -0.4 is 15.5 Å². The summed E-state index contributed by atoms with van der Waals surface area (Å²) in [4.78, 5) is 27.1. The summed E-state index contributed by atoms with van der Waals surface area (Å²) in [5.74, 6) is 0.227. The minimum absolute atomic E-state index is 0.0394. The van der Waals surface area contributed by atoms with Gasteiger partial charge in [-0.1, -0.05) is 43.2 Å². The summed E-state index contributed by atoms with van der Waals surface area (Å²) in [7, 11) is 0. The third-order valence-corrected chi connectivity index (χ3v) is 6.49. The number of carbonyl (C=O) groups excluding carboxylic acids is 2. The summed E-state index contributed by atoms with van der Waals surface area (Å²) in [5, 5.41) is 6.07. The van der Waals surface area contributed by atoms with Crippen LogP contribution in [-0.2, 0) is 4.79 Å². The second kappa shape index (κ2) is 11.7. The van der Waals surface area contributed by atoms with Crippen LogP contribution in [0.4, 0.5) is 5.69 Å². The maximum atomic E-state index is 13.2. The minimum atomic E-state index is -0.130. The second-order valence-corrected chi connectivity index (χ2v) is 8.46. The Balaban J connectivity index is 1.60. The van der Waals surface area contributed by atoms with Gasteiger partial charge in [-0.05, 0) is 62.4 Å². The van der Waals surface area contributed by atoms with Gasteiger partial charge in [0.25, 0.3) is 5.91 Å². The molecule has 3 rings (SSSR count). The fourth-order valence-corrected chi connectivity index (χ4v) is 4.57. The number of carbonyl (C=O) groups is 2. The molecular formula is C26H36N3O2+. The second-order valence-electron chi connectivity index (χ2n) is 8.46. The minimum Gasteiger partial charge on any atom is -0.346 e. The van der Waals surface area contributed by atoms with E-state index in [2.05, 4.69) is 36.6 Å². The lowest BCUT2D eigenvalue weighted by Crippen LogP contribution is -3.12. The average molecular weight is 423 g/mol. The van der Waals surface area contributed by atoms with E-state index in [4.69, 9.17) is 0 Å². The predicted octanol–water partition coefficient (Wildman–Crippen LogP) is 3.25. The summed E-state index contributed by atoms with van der Waals surface area (Å²) < 4.78 is 0. The molecule has 0 radical (unpaired) electrons. The summed E-state index contributed by atoms with van der Waals surface area (Å²) >= 11 is 0. The summed E-state index contributed by atoms with van der Waals surface area (Å²) in [6.07, 6.45) is 4.59. The molecule has 0 aromatic heterocycles. The van der Waals surface area contributed by atoms with Crippen molar-refractivity contribution in [3.05, 3.63) is 65.7 Å². The van der Waals surface area contributed by atoms with Crippen molar-refractivity contribution in [2.24, 2.45) is 5.92 Å². The topological polar surface area (TPSA) is 62.6 Å². The summed E-state index contributed by atoms with van der Waals surface area (Å²) in [6, 6.07) is 17.3. The molecule has 2 aromatic rings. The standard InChI is InChI=1S/C26H35N3O2/c1-3-29(4-2)19-18-27-25(30)22-14-16-23(17-15-22)28-26(31)24(21-12-8-9-13-21)20-10-6-5-7-11-20/h5-7,10-11,14-17,21,24H,3-4,8-9,12-13,18-19H2,1-2H3,(H,27,30)(H,28,31)/p+1/t24-/m0/s1. The molecule has 3 N–H and O–H groups in total. The molecule has 0 bridgehead atoms. The number of nitrogens with one attached hydrogen (secondary N) is 3. The molecule has 0 heterocycles. The van der Waals surface area contributed by atoms with Crippen LogP contribution in [-0.4, -0.2) is 38.0 Å². The molecule has 5 nitrogen and oxygen atoms in total. The molecule has 2 amide bonds. The number of hydrogen-bond donors (Lipinski definition) is 3. The van der Waals surface area contributed by atoms with E-state index < -0.39 is 0 Å². The number of rotatable bonds is 10. The predicted molar refractivity (Wildman–Crippen MR) is 125 cm³/mol. The maximum Gasteiger partial charge on any atom is 0.251 e. The first-order valence-electron chi connectivity index (χ1n) is 11.7. The Kier molecular flexibility index (Phi) is 8.65. The first-order chi connectivity index (χ1) is 15.1. The van der Waals surface area contributed by atoms with Gasteiger partial charge >= 0.3 is 0 Å². The van der Waals surface area contributed by atoms with Gasteiger partial charge in [-0.15, -0.1) is 0 Å². The zero-order chi connectivity index (χ0) is 22.1. The van der Waals surface area contributed by atoms with Crippen LogP contribution in [0.2, 0.25) is 0 Å². The molecular weight excluding hydrogens is 386 g/mol. The van der Waals surface area contributed by atoms with Crippen LogP contribution >= 0.6 is 0 Å². The van der Waals surface area contributed by atoms with Crippen molar-refractivity contribution in [3.8, 4) is 0 Å². The Morgan fingerprint density at radius 2 is 1.61 bits per heavy atom. The van der Waals surface area contributed by atoms with Gasteiger partial charge in [0.15, 0.2) is 0 Å². The van der Waals surface area contributed by atoms with Gasteiger partial charge in [0.1, 0.15) is 0 Å². The number of amides is 2. The first-order valence-corrected chi connectivity index (χ1v) is 11.7. The quantitative estimate of drug-likeness (QED) is 0.550. The molecule has 0 spiro atoms. The molecule has 1 aliphatic rings. The van der Waals surface area contributed by atoms with Crippen LogP contribution in [0.25, 0.3) is 0 Å². The highest BCUT2D eigenvalue weighted by atomic mass is 16.2. The van der Waals surface area contributed by atoms with Gasteiger partial charge in [0, 0.05) is 11.3 Å². The molecule has 31 heavy (non-hydrogen) atoms. The lowest BCUT2D eigenvalue weighted by molar-refractivity contribution is -0.895. The van der Waals surface area contributed by atoms with Crippen molar-refractivity contribution in [2.75, 3.05) is 31.5 Å². The normalized spacial score (nSPS) is 15.1. The molecule has 1 saturated carbocycles. The van der Waals surface area contributed by atoms with E-state index >= 15 is 0 Å². The van der Waals surface area contributed by atoms with Crippen molar-refractivity contribution in [2.45, 2.75) is 45.4 Å². The van der Waals surface area contributed by atoms with Gasteiger partial charge < -0.3 is 15.5 Å². The molecule has 1 fully saturated rings. The first kappa shape index (κ1) is 23.0. The van der Waals surface area contributed by atoms with Gasteiger partial charge in [-0.25, -0.2) is 0 Å². The van der Waals surface area contributed by atoms with Crippen molar-refractivity contribution >= 4 is 17.5 Å². The SMILES string of the molecule is CC[NH+](CC)CCNC(=O)c1ccc(NC(=O)[C@@H](c2ccccc2)C2CCCC2)cc1. The largest absolute Gasteiger partial charge is 0.346 e. The van der Waals surface area contributed by atoms with E-state index in [1.54, 1.807) is 12.1 Å². The van der Waals surface area contributed by atoms with Crippen LogP contribution in [0.15, 0.2) is 54.6 Å². The Bertz CT molecular complexity index is 825. The Morgan fingerprint density at radius 3 is 2.23 bits per heavy atom. The summed E-state index contributed by atoms with van der Waals surface area (Å²) in [5.41, 5.74) is 2.43. The van der Waals surface area contributed by atoms with Crippen molar-refractivity contribution < 1.29 is 14.5 Å². The van der Waals surface area contributed by atoms with E-state index in [9.17, 15) is 9.59 Å². The number of likely N-dealkylation sites (N-methyl/N-ethyl adjacent to an activating group) is 1.